The van der Waals surface area contributed by atoms with Gasteiger partial charge in [0.25, 0.3) is 0 Å². The van der Waals surface area contributed by atoms with Crippen molar-refractivity contribution in [1.29, 1.82) is 5.26 Å². The van der Waals surface area contributed by atoms with Gasteiger partial charge in [-0.1, -0.05) is 54.6 Å². The average Bonchev–Trinajstić information content (AvgIpc) is 2.85. The zero-order valence-corrected chi connectivity index (χ0v) is 18.2. The van der Waals surface area contributed by atoms with Crippen molar-refractivity contribution in [2.75, 3.05) is 19.6 Å². The van der Waals surface area contributed by atoms with Gasteiger partial charge in [0.15, 0.2) is 0 Å². The zero-order chi connectivity index (χ0) is 21.0. The molecule has 3 nitrogen and oxygen atoms in total. The second kappa shape index (κ2) is 9.22. The molecule has 0 saturated carbocycles. The Morgan fingerprint density at radius 3 is 2.52 bits per heavy atom. The standard InChI is InChI=1S/C28H31N3/c29-20-22-11-12-26-21-31(16-13-25(26)19-22)27-14-17-30(18-15-27)28(23-7-3-1-4-8-23)24-9-5-2-6-10-24/h1,3-5,7-12,19,27-28H,2,6,13-18,21H2. The second-order valence-electron chi connectivity index (χ2n) is 9.08. The van der Waals surface area contributed by atoms with E-state index in [1.807, 2.05) is 6.07 Å². The summed E-state index contributed by atoms with van der Waals surface area (Å²) in [6, 6.07) is 20.6. The van der Waals surface area contributed by atoms with Gasteiger partial charge in [-0.2, -0.15) is 5.26 Å². The van der Waals surface area contributed by atoms with Crippen LogP contribution >= 0.6 is 0 Å². The molecule has 0 amide bonds. The van der Waals surface area contributed by atoms with Gasteiger partial charge in [-0.15, -0.1) is 0 Å². The molecule has 31 heavy (non-hydrogen) atoms. The molecule has 2 aromatic carbocycles. The molecule has 0 radical (unpaired) electrons. The smallest absolute Gasteiger partial charge is 0.0991 e. The predicted octanol–water partition coefficient (Wildman–Crippen LogP) is 5.40. The van der Waals surface area contributed by atoms with Crippen LogP contribution in [0.1, 0.15) is 54.0 Å². The van der Waals surface area contributed by atoms with Crippen molar-refractivity contribution in [2.45, 2.75) is 50.7 Å². The van der Waals surface area contributed by atoms with E-state index in [2.05, 4.69) is 76.6 Å². The molecule has 0 N–H and O–H groups in total. The Labute approximate surface area is 186 Å². The Morgan fingerprint density at radius 2 is 1.77 bits per heavy atom. The lowest BCUT2D eigenvalue weighted by atomic mass is 9.90. The van der Waals surface area contributed by atoms with Crippen molar-refractivity contribution >= 4 is 0 Å². The Morgan fingerprint density at radius 1 is 0.935 bits per heavy atom. The van der Waals surface area contributed by atoms with Gasteiger partial charge in [0.1, 0.15) is 0 Å². The highest BCUT2D eigenvalue weighted by atomic mass is 15.2. The highest BCUT2D eigenvalue weighted by Crippen LogP contribution is 2.35. The molecular weight excluding hydrogens is 378 g/mol. The normalized spacial score (nSPS) is 21.2. The Kier molecular flexibility index (Phi) is 6.02. The number of piperidine rings is 1. The molecule has 1 saturated heterocycles. The molecule has 0 spiro atoms. The van der Waals surface area contributed by atoms with Crippen LogP contribution < -0.4 is 0 Å². The molecule has 1 fully saturated rings. The Hall–Kier alpha value is -2.67. The van der Waals surface area contributed by atoms with Gasteiger partial charge in [-0.3, -0.25) is 9.80 Å². The fourth-order valence-electron chi connectivity index (χ4n) is 5.55. The van der Waals surface area contributed by atoms with Gasteiger partial charge in [0.05, 0.1) is 17.7 Å². The number of fused-ring (bicyclic) bond motifs is 1. The molecule has 2 aliphatic heterocycles. The molecule has 5 rings (SSSR count). The van der Waals surface area contributed by atoms with Crippen LogP contribution in [0.25, 0.3) is 0 Å². The van der Waals surface area contributed by atoms with Crippen molar-refractivity contribution in [3.63, 3.8) is 0 Å². The van der Waals surface area contributed by atoms with Gasteiger partial charge >= 0.3 is 0 Å². The third kappa shape index (κ3) is 4.37. The molecule has 2 aromatic rings. The van der Waals surface area contributed by atoms with Gasteiger partial charge < -0.3 is 0 Å². The van der Waals surface area contributed by atoms with E-state index in [0.717, 1.165) is 44.6 Å². The van der Waals surface area contributed by atoms with E-state index >= 15 is 0 Å². The van der Waals surface area contributed by atoms with Crippen LogP contribution in [0, 0.1) is 11.3 Å². The summed E-state index contributed by atoms with van der Waals surface area (Å²) in [5.74, 6) is 0. The minimum Gasteiger partial charge on any atom is -0.296 e. The van der Waals surface area contributed by atoms with Gasteiger partial charge in [-0.25, -0.2) is 0 Å². The lowest BCUT2D eigenvalue weighted by molar-refractivity contribution is 0.0840. The summed E-state index contributed by atoms with van der Waals surface area (Å²) < 4.78 is 0. The summed E-state index contributed by atoms with van der Waals surface area (Å²) in [6.07, 6.45) is 13.0. The van der Waals surface area contributed by atoms with Crippen molar-refractivity contribution in [1.82, 2.24) is 9.80 Å². The van der Waals surface area contributed by atoms with E-state index in [1.165, 1.54) is 41.5 Å². The first-order valence-electron chi connectivity index (χ1n) is 11.7. The number of rotatable bonds is 4. The highest BCUT2D eigenvalue weighted by molar-refractivity contribution is 5.39. The lowest BCUT2D eigenvalue weighted by Gasteiger charge is -2.43. The van der Waals surface area contributed by atoms with Crippen molar-refractivity contribution in [2.24, 2.45) is 0 Å². The predicted molar refractivity (Wildman–Crippen MR) is 126 cm³/mol. The van der Waals surface area contributed by atoms with E-state index in [1.54, 1.807) is 0 Å². The maximum absolute atomic E-state index is 9.17. The van der Waals surface area contributed by atoms with Crippen LogP contribution in [-0.2, 0) is 13.0 Å². The first kappa shape index (κ1) is 20.2. The van der Waals surface area contributed by atoms with Crippen LogP contribution in [0.2, 0.25) is 0 Å². The maximum Gasteiger partial charge on any atom is 0.0991 e. The molecule has 1 atom stereocenters. The van der Waals surface area contributed by atoms with Crippen LogP contribution in [0.15, 0.2) is 72.3 Å². The fourth-order valence-corrected chi connectivity index (χ4v) is 5.55. The van der Waals surface area contributed by atoms with Crippen LogP contribution in [0.5, 0.6) is 0 Å². The molecule has 0 aromatic heterocycles. The van der Waals surface area contributed by atoms with E-state index in [-0.39, 0.29) is 0 Å². The molecule has 0 bridgehead atoms. The third-order valence-electron chi connectivity index (χ3n) is 7.21. The quantitative estimate of drug-likeness (QED) is 0.677. The van der Waals surface area contributed by atoms with E-state index < -0.39 is 0 Å². The van der Waals surface area contributed by atoms with Crippen molar-refractivity contribution in [3.8, 4) is 6.07 Å². The van der Waals surface area contributed by atoms with Gasteiger partial charge in [-0.05, 0) is 66.5 Å². The molecule has 158 valence electrons. The Balaban J connectivity index is 1.27. The largest absolute Gasteiger partial charge is 0.296 e. The summed E-state index contributed by atoms with van der Waals surface area (Å²) in [5.41, 5.74) is 6.45. The molecule has 2 heterocycles. The SMILES string of the molecule is N#Cc1ccc2c(c1)CCN(C1CCN(C(C3=CCCC=C3)c3ccccc3)CC1)C2. The average molecular weight is 410 g/mol. The fraction of sp³-hybridized carbons (Fsp3) is 0.393. The number of benzene rings is 2. The first-order valence-corrected chi connectivity index (χ1v) is 11.7. The number of nitriles is 1. The summed E-state index contributed by atoms with van der Waals surface area (Å²) in [4.78, 5) is 5.38. The highest BCUT2D eigenvalue weighted by Gasteiger charge is 2.31. The van der Waals surface area contributed by atoms with Crippen LogP contribution in [0.4, 0.5) is 0 Å². The van der Waals surface area contributed by atoms with E-state index in [4.69, 9.17) is 5.26 Å². The monoisotopic (exact) mass is 409 g/mol. The molecule has 1 unspecified atom stereocenters. The van der Waals surface area contributed by atoms with Crippen molar-refractivity contribution < 1.29 is 0 Å². The number of allylic oxidation sites excluding steroid dienone is 2. The number of hydrogen-bond donors (Lipinski definition) is 0. The number of hydrogen-bond acceptors (Lipinski definition) is 3. The molecule has 3 heteroatoms. The van der Waals surface area contributed by atoms with E-state index in [0.29, 0.717) is 12.1 Å². The molecule has 3 aliphatic rings. The van der Waals surface area contributed by atoms with Crippen molar-refractivity contribution in [3.05, 3.63) is 94.6 Å². The summed E-state index contributed by atoms with van der Waals surface area (Å²) in [5, 5.41) is 9.17. The summed E-state index contributed by atoms with van der Waals surface area (Å²) in [6.45, 7) is 4.43. The third-order valence-corrected chi connectivity index (χ3v) is 7.21. The minimum absolute atomic E-state index is 0.380. The van der Waals surface area contributed by atoms with Gasteiger partial charge in [0.2, 0.25) is 0 Å². The number of likely N-dealkylation sites (tertiary alicyclic amines) is 1. The van der Waals surface area contributed by atoms with E-state index in [9.17, 15) is 0 Å². The maximum atomic E-state index is 9.17. The molecule has 1 aliphatic carbocycles. The van der Waals surface area contributed by atoms with Crippen LogP contribution in [0.3, 0.4) is 0 Å². The first-order chi connectivity index (χ1) is 15.3. The Bertz CT molecular complexity index is 1010. The van der Waals surface area contributed by atoms with Crippen LogP contribution in [-0.4, -0.2) is 35.5 Å². The number of nitrogens with zero attached hydrogens (tertiary/aromatic N) is 3. The lowest BCUT2D eigenvalue weighted by Crippen LogP contribution is -2.47. The minimum atomic E-state index is 0.380. The zero-order valence-electron chi connectivity index (χ0n) is 18.2. The summed E-state index contributed by atoms with van der Waals surface area (Å²) in [7, 11) is 0. The second-order valence-corrected chi connectivity index (χ2v) is 9.08. The molecular formula is C28H31N3. The van der Waals surface area contributed by atoms with Gasteiger partial charge in [0, 0.05) is 32.2 Å². The summed E-state index contributed by atoms with van der Waals surface area (Å²) >= 11 is 0. The topological polar surface area (TPSA) is 30.3 Å².